The molecule has 140 valence electrons. The van der Waals surface area contributed by atoms with E-state index in [0.29, 0.717) is 34.3 Å². The molecule has 0 atom stereocenters. The molecule has 2 N–H and O–H groups in total. The van der Waals surface area contributed by atoms with Crippen molar-refractivity contribution in [1.29, 1.82) is 0 Å². The van der Waals surface area contributed by atoms with E-state index in [4.69, 9.17) is 27.9 Å². The Hall–Kier alpha value is -2.50. The maximum absolute atomic E-state index is 12.2. The quantitative estimate of drug-likeness (QED) is 0.654. The van der Waals surface area contributed by atoms with Gasteiger partial charge in [-0.1, -0.05) is 35.3 Å². The SMILES string of the molecule is Cc1ccc2cc(CCNC(=O)COc3ccc(Cl)cc3Cl)c(=O)[nH]c2c1. The van der Waals surface area contributed by atoms with Crippen LogP contribution < -0.4 is 15.6 Å². The number of benzene rings is 2. The van der Waals surface area contributed by atoms with Crippen molar-refractivity contribution in [2.75, 3.05) is 13.2 Å². The standard InChI is InChI=1S/C20H18Cl2N2O3/c1-12-2-3-13-9-14(20(26)24-17(13)8-12)6-7-23-19(25)11-27-18-5-4-15(21)10-16(18)22/h2-5,8-10H,6-7,11H2,1H3,(H,23,25)(H,24,26). The number of nitrogens with one attached hydrogen (secondary N) is 2. The molecule has 0 fully saturated rings. The number of rotatable bonds is 6. The molecule has 0 saturated carbocycles. The molecule has 1 heterocycles. The van der Waals surface area contributed by atoms with Gasteiger partial charge in [-0.2, -0.15) is 0 Å². The zero-order chi connectivity index (χ0) is 19.4. The van der Waals surface area contributed by atoms with Crippen LogP contribution in [0.15, 0.2) is 47.3 Å². The van der Waals surface area contributed by atoms with Gasteiger partial charge in [0, 0.05) is 22.6 Å². The van der Waals surface area contributed by atoms with Gasteiger partial charge in [-0.05, 0) is 54.6 Å². The van der Waals surface area contributed by atoms with E-state index in [1.165, 1.54) is 0 Å². The Bertz CT molecular complexity index is 1050. The first-order valence-electron chi connectivity index (χ1n) is 8.39. The third-order valence-electron chi connectivity index (χ3n) is 4.05. The Kier molecular flexibility index (Phi) is 6.04. The smallest absolute Gasteiger partial charge is 0.257 e. The van der Waals surface area contributed by atoms with Gasteiger partial charge in [0.05, 0.1) is 5.02 Å². The number of aromatic nitrogens is 1. The number of carbonyl (C=O) groups excluding carboxylic acids is 1. The van der Waals surface area contributed by atoms with Crippen molar-refractivity contribution in [3.05, 3.63) is 74.0 Å². The lowest BCUT2D eigenvalue weighted by molar-refractivity contribution is -0.123. The topological polar surface area (TPSA) is 71.2 Å². The van der Waals surface area contributed by atoms with Gasteiger partial charge in [-0.15, -0.1) is 0 Å². The number of fused-ring (bicyclic) bond motifs is 1. The maximum Gasteiger partial charge on any atom is 0.257 e. The molecule has 0 saturated heterocycles. The molecular formula is C20H18Cl2N2O3. The zero-order valence-electron chi connectivity index (χ0n) is 14.6. The molecule has 0 aliphatic rings. The minimum absolute atomic E-state index is 0.147. The minimum atomic E-state index is -0.297. The number of hydrogen-bond acceptors (Lipinski definition) is 3. The van der Waals surface area contributed by atoms with Crippen molar-refractivity contribution in [1.82, 2.24) is 10.3 Å². The summed E-state index contributed by atoms with van der Waals surface area (Å²) in [4.78, 5) is 27.0. The molecule has 1 amide bonds. The molecule has 5 nitrogen and oxygen atoms in total. The van der Waals surface area contributed by atoms with Gasteiger partial charge in [-0.3, -0.25) is 9.59 Å². The number of halogens is 2. The normalized spacial score (nSPS) is 10.8. The van der Waals surface area contributed by atoms with Gasteiger partial charge in [-0.25, -0.2) is 0 Å². The summed E-state index contributed by atoms with van der Waals surface area (Å²) in [6.45, 7) is 2.13. The molecular weight excluding hydrogens is 387 g/mol. The lowest BCUT2D eigenvalue weighted by atomic mass is 10.1. The summed E-state index contributed by atoms with van der Waals surface area (Å²) in [5.41, 5.74) is 2.36. The third kappa shape index (κ3) is 5.02. The monoisotopic (exact) mass is 404 g/mol. The number of carbonyl (C=O) groups is 1. The summed E-state index contributed by atoms with van der Waals surface area (Å²) >= 11 is 11.8. The van der Waals surface area contributed by atoms with E-state index in [-0.39, 0.29) is 18.1 Å². The maximum atomic E-state index is 12.2. The van der Waals surface area contributed by atoms with Crippen LogP contribution in [0.2, 0.25) is 10.0 Å². The predicted octanol–water partition coefficient (Wildman–Crippen LogP) is 3.88. The summed E-state index contributed by atoms with van der Waals surface area (Å²) in [6.07, 6.45) is 0.423. The van der Waals surface area contributed by atoms with Gasteiger partial charge in [0.25, 0.3) is 11.5 Å². The van der Waals surface area contributed by atoms with E-state index in [2.05, 4.69) is 10.3 Å². The Labute approximate surface area is 166 Å². The van der Waals surface area contributed by atoms with E-state index in [9.17, 15) is 9.59 Å². The molecule has 0 aliphatic carbocycles. The van der Waals surface area contributed by atoms with Crippen LogP contribution in [-0.4, -0.2) is 24.0 Å². The van der Waals surface area contributed by atoms with Crippen LogP contribution in [0, 0.1) is 6.92 Å². The lowest BCUT2D eigenvalue weighted by Crippen LogP contribution is -2.31. The van der Waals surface area contributed by atoms with Crippen molar-refractivity contribution in [3.8, 4) is 5.75 Å². The Morgan fingerprint density at radius 1 is 1.15 bits per heavy atom. The summed E-state index contributed by atoms with van der Waals surface area (Å²) in [5, 5.41) is 4.53. The first-order valence-corrected chi connectivity index (χ1v) is 9.15. The second-order valence-electron chi connectivity index (χ2n) is 6.18. The summed E-state index contributed by atoms with van der Waals surface area (Å²) in [6, 6.07) is 12.5. The van der Waals surface area contributed by atoms with Crippen molar-refractivity contribution in [3.63, 3.8) is 0 Å². The van der Waals surface area contributed by atoms with E-state index >= 15 is 0 Å². The molecule has 0 aliphatic heterocycles. The van der Waals surface area contributed by atoms with Gasteiger partial charge in [0.2, 0.25) is 0 Å². The van der Waals surface area contributed by atoms with Crippen molar-refractivity contribution in [2.24, 2.45) is 0 Å². The first kappa shape index (κ1) is 19.3. The molecule has 27 heavy (non-hydrogen) atoms. The highest BCUT2D eigenvalue weighted by Gasteiger charge is 2.08. The Morgan fingerprint density at radius 3 is 2.74 bits per heavy atom. The highest BCUT2D eigenvalue weighted by atomic mass is 35.5. The summed E-state index contributed by atoms with van der Waals surface area (Å²) in [5.74, 6) is 0.0892. The fraction of sp³-hybridized carbons (Fsp3) is 0.200. The summed E-state index contributed by atoms with van der Waals surface area (Å²) < 4.78 is 5.38. The van der Waals surface area contributed by atoms with Crippen LogP contribution >= 0.6 is 23.2 Å². The number of pyridine rings is 1. The fourth-order valence-electron chi connectivity index (χ4n) is 2.67. The average molecular weight is 405 g/mol. The molecule has 2 aromatic carbocycles. The van der Waals surface area contributed by atoms with Gasteiger partial charge >= 0.3 is 0 Å². The third-order valence-corrected chi connectivity index (χ3v) is 4.58. The van der Waals surface area contributed by atoms with Crippen LogP contribution in [0.5, 0.6) is 5.75 Å². The highest BCUT2D eigenvalue weighted by Crippen LogP contribution is 2.27. The number of ether oxygens (including phenoxy) is 1. The molecule has 3 rings (SSSR count). The van der Waals surface area contributed by atoms with Crippen molar-refractivity contribution >= 4 is 40.0 Å². The number of H-pyrrole nitrogens is 1. The van der Waals surface area contributed by atoms with Crippen molar-refractivity contribution < 1.29 is 9.53 Å². The number of aromatic amines is 1. The molecule has 0 bridgehead atoms. The van der Waals surface area contributed by atoms with Crippen LogP contribution in [-0.2, 0) is 11.2 Å². The highest BCUT2D eigenvalue weighted by molar-refractivity contribution is 6.35. The van der Waals surface area contributed by atoms with Crippen LogP contribution in [0.25, 0.3) is 10.9 Å². The van der Waals surface area contributed by atoms with Gasteiger partial charge in [0.15, 0.2) is 6.61 Å². The fourth-order valence-corrected chi connectivity index (χ4v) is 3.13. The molecule has 3 aromatic rings. The molecule has 0 radical (unpaired) electrons. The second-order valence-corrected chi connectivity index (χ2v) is 7.02. The predicted molar refractivity (Wildman–Crippen MR) is 108 cm³/mol. The van der Waals surface area contributed by atoms with Gasteiger partial charge in [0.1, 0.15) is 5.75 Å². The summed E-state index contributed by atoms with van der Waals surface area (Å²) in [7, 11) is 0. The number of aryl methyl sites for hydroxylation is 1. The van der Waals surface area contributed by atoms with E-state index < -0.39 is 0 Å². The number of amides is 1. The first-order chi connectivity index (χ1) is 12.9. The molecule has 7 heteroatoms. The largest absolute Gasteiger partial charge is 0.482 e. The lowest BCUT2D eigenvalue weighted by Gasteiger charge is -2.09. The zero-order valence-corrected chi connectivity index (χ0v) is 16.2. The van der Waals surface area contributed by atoms with E-state index in [0.717, 1.165) is 16.5 Å². The molecule has 0 unspecified atom stereocenters. The van der Waals surface area contributed by atoms with E-state index in [1.54, 1.807) is 18.2 Å². The molecule has 1 aromatic heterocycles. The van der Waals surface area contributed by atoms with Crippen LogP contribution in [0.4, 0.5) is 0 Å². The Morgan fingerprint density at radius 2 is 1.96 bits per heavy atom. The minimum Gasteiger partial charge on any atom is -0.482 e. The average Bonchev–Trinajstić information content (AvgIpc) is 2.61. The number of hydrogen-bond donors (Lipinski definition) is 2. The van der Waals surface area contributed by atoms with Crippen LogP contribution in [0.3, 0.4) is 0 Å². The second kappa shape index (κ2) is 8.46. The Balaban J connectivity index is 1.54. The van der Waals surface area contributed by atoms with Crippen LogP contribution in [0.1, 0.15) is 11.1 Å². The molecule has 0 spiro atoms. The van der Waals surface area contributed by atoms with Gasteiger partial charge < -0.3 is 15.0 Å². The van der Waals surface area contributed by atoms with E-state index in [1.807, 2.05) is 31.2 Å². The van der Waals surface area contributed by atoms with Crippen molar-refractivity contribution in [2.45, 2.75) is 13.3 Å².